The molecule has 2 aromatic heterocycles. The Morgan fingerprint density at radius 2 is 2.44 bits per heavy atom. The summed E-state index contributed by atoms with van der Waals surface area (Å²) >= 11 is 3.59. The summed E-state index contributed by atoms with van der Waals surface area (Å²) in [4.78, 5) is 17.3. The molecule has 0 fully saturated rings. The lowest BCUT2D eigenvalue weighted by Crippen LogP contribution is -2.21. The molecule has 94 valence electrons. The summed E-state index contributed by atoms with van der Waals surface area (Å²) in [6, 6.07) is 4.02. The number of H-pyrrole nitrogens is 1. The molecule has 18 heavy (non-hydrogen) atoms. The van der Waals surface area contributed by atoms with Crippen molar-refractivity contribution in [3.63, 3.8) is 0 Å². The second-order valence-corrected chi connectivity index (χ2v) is 6.51. The van der Waals surface area contributed by atoms with Gasteiger partial charge in [0.25, 0.3) is 5.91 Å². The molecular weight excluding hydrogens is 264 g/mol. The molecule has 1 aliphatic rings. The van der Waals surface area contributed by atoms with Crippen molar-refractivity contribution < 1.29 is 4.79 Å². The fraction of sp³-hybridized carbons (Fsp3) is 0.308. The smallest absolute Gasteiger partial charge is 0.261 e. The van der Waals surface area contributed by atoms with E-state index in [1.54, 1.807) is 11.3 Å². The number of aromatic amines is 1. The van der Waals surface area contributed by atoms with Gasteiger partial charge in [0.05, 0.1) is 4.88 Å². The molecule has 0 saturated carbocycles. The molecule has 0 radical (unpaired) electrons. The van der Waals surface area contributed by atoms with Crippen LogP contribution in [0.4, 0.5) is 0 Å². The van der Waals surface area contributed by atoms with E-state index in [0.29, 0.717) is 6.54 Å². The van der Waals surface area contributed by atoms with E-state index in [4.69, 9.17) is 0 Å². The first-order valence-corrected chi connectivity index (χ1v) is 7.89. The second kappa shape index (κ2) is 5.20. The number of fused-ring (bicyclic) bond motifs is 1. The Balaban J connectivity index is 1.67. The molecule has 3 heterocycles. The number of carbonyl (C=O) groups is 1. The van der Waals surface area contributed by atoms with E-state index in [9.17, 15) is 4.79 Å². The molecule has 1 amide bonds. The number of amides is 1. The number of thiophene rings is 1. The van der Waals surface area contributed by atoms with Crippen molar-refractivity contribution in [1.82, 2.24) is 10.3 Å². The number of hydrogen-bond donors (Lipinski definition) is 2. The first kappa shape index (κ1) is 11.9. The minimum absolute atomic E-state index is 0.0422. The molecule has 0 unspecified atom stereocenters. The van der Waals surface area contributed by atoms with Crippen molar-refractivity contribution in [1.29, 1.82) is 0 Å². The highest BCUT2D eigenvalue weighted by Crippen LogP contribution is 2.31. The monoisotopic (exact) mass is 278 g/mol. The van der Waals surface area contributed by atoms with Gasteiger partial charge in [0, 0.05) is 29.6 Å². The molecule has 0 spiro atoms. The Labute approximate surface area is 114 Å². The van der Waals surface area contributed by atoms with E-state index in [1.807, 2.05) is 30.2 Å². The summed E-state index contributed by atoms with van der Waals surface area (Å²) < 4.78 is 0. The minimum atomic E-state index is 0.0422. The molecule has 2 N–H and O–H groups in total. The number of carbonyl (C=O) groups excluding carboxylic acids is 1. The van der Waals surface area contributed by atoms with Gasteiger partial charge in [-0.05, 0) is 35.4 Å². The largest absolute Gasteiger partial charge is 0.367 e. The molecular formula is C13H14N2OS2. The lowest BCUT2D eigenvalue weighted by atomic mass is 10.2. The average molecular weight is 278 g/mol. The highest BCUT2D eigenvalue weighted by Gasteiger charge is 2.17. The van der Waals surface area contributed by atoms with Crippen LogP contribution >= 0.6 is 23.1 Å². The van der Waals surface area contributed by atoms with Crippen LogP contribution < -0.4 is 5.32 Å². The Morgan fingerprint density at radius 3 is 3.22 bits per heavy atom. The van der Waals surface area contributed by atoms with Crippen LogP contribution in [0.25, 0.3) is 0 Å². The van der Waals surface area contributed by atoms with Gasteiger partial charge in [-0.2, -0.15) is 11.8 Å². The zero-order chi connectivity index (χ0) is 12.4. The summed E-state index contributed by atoms with van der Waals surface area (Å²) in [5, 5.41) is 2.96. The zero-order valence-corrected chi connectivity index (χ0v) is 11.5. The molecule has 0 aliphatic carbocycles. The topological polar surface area (TPSA) is 44.9 Å². The quantitative estimate of drug-likeness (QED) is 0.907. The maximum absolute atomic E-state index is 12.0. The van der Waals surface area contributed by atoms with Crippen LogP contribution in [0.15, 0.2) is 24.5 Å². The van der Waals surface area contributed by atoms with Gasteiger partial charge in [0.2, 0.25) is 0 Å². The Bertz CT molecular complexity index is 522. The predicted octanol–water partition coefficient (Wildman–Crippen LogP) is 2.80. The highest BCUT2D eigenvalue weighted by molar-refractivity contribution is 7.98. The third kappa shape index (κ3) is 2.47. The average Bonchev–Trinajstić information content (AvgIpc) is 3.04. The van der Waals surface area contributed by atoms with Crippen LogP contribution in [0.5, 0.6) is 0 Å². The molecule has 0 aromatic carbocycles. The Kier molecular flexibility index (Phi) is 3.43. The van der Waals surface area contributed by atoms with Gasteiger partial charge in [-0.1, -0.05) is 0 Å². The fourth-order valence-corrected chi connectivity index (χ4v) is 4.29. The van der Waals surface area contributed by atoms with E-state index in [1.165, 1.54) is 16.2 Å². The van der Waals surface area contributed by atoms with Crippen LogP contribution in [-0.2, 0) is 18.7 Å². The normalized spacial score (nSPS) is 14.2. The van der Waals surface area contributed by atoms with Gasteiger partial charge in [0.15, 0.2) is 0 Å². The Hall–Kier alpha value is -1.20. The van der Waals surface area contributed by atoms with Crippen molar-refractivity contribution in [3.8, 4) is 0 Å². The van der Waals surface area contributed by atoms with Crippen LogP contribution in [0.1, 0.15) is 25.7 Å². The fourth-order valence-electron chi connectivity index (χ4n) is 2.00. The maximum atomic E-state index is 12.0. The van der Waals surface area contributed by atoms with Crippen LogP contribution in [-0.4, -0.2) is 16.6 Å². The van der Waals surface area contributed by atoms with Crippen molar-refractivity contribution in [2.75, 3.05) is 5.75 Å². The van der Waals surface area contributed by atoms with Gasteiger partial charge < -0.3 is 10.3 Å². The van der Waals surface area contributed by atoms with Crippen LogP contribution in [0, 0.1) is 0 Å². The molecule has 0 saturated heterocycles. The molecule has 2 aromatic rings. The summed E-state index contributed by atoms with van der Waals surface area (Å²) in [5.74, 6) is 2.27. The van der Waals surface area contributed by atoms with Crippen molar-refractivity contribution in [2.45, 2.75) is 18.7 Å². The van der Waals surface area contributed by atoms with Crippen molar-refractivity contribution in [3.05, 3.63) is 45.4 Å². The number of nitrogens with one attached hydrogen (secondary N) is 2. The standard InChI is InChI=1S/C13H14N2OS2/c16-13(15-7-9-1-3-14-6-9)12-5-10-8-17-4-2-11(10)18-12/h1,3,5-6,14H,2,4,7-8H2,(H,15,16). The Morgan fingerprint density at radius 1 is 1.50 bits per heavy atom. The molecule has 3 nitrogen and oxygen atoms in total. The molecule has 5 heteroatoms. The van der Waals surface area contributed by atoms with Gasteiger partial charge in [-0.3, -0.25) is 4.79 Å². The van der Waals surface area contributed by atoms with E-state index < -0.39 is 0 Å². The van der Waals surface area contributed by atoms with Gasteiger partial charge in [-0.15, -0.1) is 11.3 Å². The number of rotatable bonds is 3. The summed E-state index contributed by atoms with van der Waals surface area (Å²) in [5.41, 5.74) is 2.45. The van der Waals surface area contributed by atoms with E-state index in [0.717, 1.165) is 22.6 Å². The second-order valence-electron chi connectivity index (χ2n) is 4.26. The number of aryl methyl sites for hydroxylation is 1. The van der Waals surface area contributed by atoms with Crippen molar-refractivity contribution >= 4 is 29.0 Å². The van der Waals surface area contributed by atoms with Gasteiger partial charge in [0.1, 0.15) is 0 Å². The highest BCUT2D eigenvalue weighted by atomic mass is 32.2. The lowest BCUT2D eigenvalue weighted by molar-refractivity contribution is 0.0955. The maximum Gasteiger partial charge on any atom is 0.261 e. The third-order valence-corrected chi connectivity index (χ3v) is 5.21. The minimum Gasteiger partial charge on any atom is -0.367 e. The first-order valence-electron chi connectivity index (χ1n) is 5.92. The van der Waals surface area contributed by atoms with Crippen LogP contribution in [0.3, 0.4) is 0 Å². The summed E-state index contributed by atoms with van der Waals surface area (Å²) in [6.07, 6.45) is 4.87. The molecule has 0 bridgehead atoms. The number of thioether (sulfide) groups is 1. The van der Waals surface area contributed by atoms with Crippen molar-refractivity contribution in [2.24, 2.45) is 0 Å². The predicted molar refractivity (Wildman–Crippen MR) is 76.1 cm³/mol. The molecule has 1 aliphatic heterocycles. The third-order valence-electron chi connectivity index (χ3n) is 2.97. The first-order chi connectivity index (χ1) is 8.83. The van der Waals surface area contributed by atoms with Gasteiger partial charge in [-0.25, -0.2) is 0 Å². The summed E-state index contributed by atoms with van der Waals surface area (Å²) in [7, 11) is 0. The lowest BCUT2D eigenvalue weighted by Gasteiger charge is -2.08. The SMILES string of the molecule is O=C(NCc1cc[nH]c1)c1cc2c(s1)CCSC2. The molecule has 3 rings (SSSR count). The molecule has 0 atom stereocenters. The van der Waals surface area contributed by atoms with E-state index >= 15 is 0 Å². The number of hydrogen-bond acceptors (Lipinski definition) is 3. The van der Waals surface area contributed by atoms with Gasteiger partial charge >= 0.3 is 0 Å². The van der Waals surface area contributed by atoms with E-state index in [-0.39, 0.29) is 5.91 Å². The number of aromatic nitrogens is 1. The zero-order valence-electron chi connectivity index (χ0n) is 9.86. The van der Waals surface area contributed by atoms with E-state index in [2.05, 4.69) is 16.4 Å². The summed E-state index contributed by atoms with van der Waals surface area (Å²) in [6.45, 7) is 0.583. The van der Waals surface area contributed by atoms with Crippen LogP contribution in [0.2, 0.25) is 0 Å².